The van der Waals surface area contributed by atoms with Gasteiger partial charge in [-0.1, -0.05) is 32.5 Å². The summed E-state index contributed by atoms with van der Waals surface area (Å²) >= 11 is 3.93. The van der Waals surface area contributed by atoms with Crippen LogP contribution in [-0.4, -0.2) is 34.5 Å². The summed E-state index contributed by atoms with van der Waals surface area (Å²) in [5.41, 5.74) is 0.297. The molecule has 0 bridgehead atoms. The van der Waals surface area contributed by atoms with Crippen molar-refractivity contribution in [3.63, 3.8) is 0 Å². The van der Waals surface area contributed by atoms with Crippen LogP contribution in [-0.2, 0) is 0 Å². The first-order chi connectivity index (χ1) is 8.49. The van der Waals surface area contributed by atoms with Crippen LogP contribution < -0.4 is 5.32 Å². The van der Waals surface area contributed by atoms with E-state index in [0.717, 1.165) is 5.25 Å². The van der Waals surface area contributed by atoms with Gasteiger partial charge in [-0.05, 0) is 37.4 Å². The number of nitrogens with zero attached hydrogens (tertiary/aromatic N) is 1. The third-order valence-electron chi connectivity index (χ3n) is 3.95. The van der Waals surface area contributed by atoms with Crippen LogP contribution in [0, 0.1) is 5.41 Å². The summed E-state index contributed by atoms with van der Waals surface area (Å²) in [5.74, 6) is 1.21. The average molecular weight is 287 g/mol. The lowest BCUT2D eigenvalue weighted by Crippen LogP contribution is -2.37. The number of amidine groups is 1. The molecule has 1 saturated carbocycles. The SMILES string of the molecule is CSC1CCC(NC2=NC(C(C)(C)C)CCS2)C1. The third kappa shape index (κ3) is 3.83. The smallest absolute Gasteiger partial charge is 0.157 e. The molecule has 104 valence electrons. The maximum Gasteiger partial charge on any atom is 0.157 e. The highest BCUT2D eigenvalue weighted by molar-refractivity contribution is 8.13. The van der Waals surface area contributed by atoms with Gasteiger partial charge < -0.3 is 5.32 Å². The molecule has 1 N–H and O–H groups in total. The van der Waals surface area contributed by atoms with Crippen LogP contribution in [0.5, 0.6) is 0 Å². The molecule has 0 aromatic heterocycles. The first kappa shape index (κ1) is 14.6. The Bertz CT molecular complexity index is 309. The first-order valence-corrected chi connectivity index (χ1v) is 9.26. The molecule has 2 aliphatic rings. The van der Waals surface area contributed by atoms with E-state index in [2.05, 4.69) is 32.3 Å². The molecule has 1 heterocycles. The Hall–Kier alpha value is 0.170. The second-order valence-corrected chi connectivity index (χ2v) is 8.69. The van der Waals surface area contributed by atoms with Crippen molar-refractivity contribution in [2.75, 3.05) is 12.0 Å². The Kier molecular flexibility index (Phi) is 4.92. The van der Waals surface area contributed by atoms with Gasteiger partial charge in [0, 0.05) is 17.0 Å². The zero-order chi connectivity index (χ0) is 13.2. The number of nitrogens with one attached hydrogen (secondary N) is 1. The van der Waals surface area contributed by atoms with Gasteiger partial charge in [-0.3, -0.25) is 4.99 Å². The van der Waals surface area contributed by atoms with Gasteiger partial charge in [0.1, 0.15) is 0 Å². The summed E-state index contributed by atoms with van der Waals surface area (Å²) in [7, 11) is 0. The molecule has 0 aromatic rings. The molecule has 4 heteroatoms. The zero-order valence-corrected chi connectivity index (χ0v) is 13.7. The fourth-order valence-electron chi connectivity index (χ4n) is 2.68. The molecular weight excluding hydrogens is 260 g/mol. The average Bonchev–Trinajstić information content (AvgIpc) is 2.76. The van der Waals surface area contributed by atoms with E-state index >= 15 is 0 Å². The fourth-order valence-corrected chi connectivity index (χ4v) is 4.46. The molecular formula is C14H26N2S2. The largest absolute Gasteiger partial charge is 0.362 e. The van der Waals surface area contributed by atoms with E-state index in [1.54, 1.807) is 0 Å². The predicted octanol–water partition coefficient (Wildman–Crippen LogP) is 3.77. The molecule has 0 aromatic carbocycles. The minimum atomic E-state index is 0.297. The lowest BCUT2D eigenvalue weighted by molar-refractivity contribution is 0.315. The van der Waals surface area contributed by atoms with Gasteiger partial charge in [-0.2, -0.15) is 11.8 Å². The molecule has 1 aliphatic carbocycles. The van der Waals surface area contributed by atoms with Gasteiger partial charge in [0.15, 0.2) is 5.17 Å². The Morgan fingerprint density at radius 2 is 2.06 bits per heavy atom. The van der Waals surface area contributed by atoms with Gasteiger partial charge in [-0.15, -0.1) is 0 Å². The first-order valence-electron chi connectivity index (χ1n) is 6.99. The number of thioether (sulfide) groups is 2. The maximum atomic E-state index is 4.93. The normalized spacial score (nSPS) is 33.3. The predicted molar refractivity (Wildman–Crippen MR) is 85.8 cm³/mol. The quantitative estimate of drug-likeness (QED) is 0.836. The van der Waals surface area contributed by atoms with Crippen molar-refractivity contribution in [1.29, 1.82) is 0 Å². The summed E-state index contributed by atoms with van der Waals surface area (Å²) in [6, 6.07) is 1.14. The standard InChI is InChI=1S/C14H26N2S2/c1-14(2,3)12-7-8-18-13(16-12)15-10-5-6-11(9-10)17-4/h10-12H,5-9H2,1-4H3,(H,15,16). The van der Waals surface area contributed by atoms with Crippen molar-refractivity contribution in [3.8, 4) is 0 Å². The van der Waals surface area contributed by atoms with E-state index in [-0.39, 0.29) is 0 Å². The summed E-state index contributed by atoms with van der Waals surface area (Å²) in [4.78, 5) is 4.93. The van der Waals surface area contributed by atoms with E-state index in [1.807, 2.05) is 23.5 Å². The molecule has 0 amide bonds. The van der Waals surface area contributed by atoms with Crippen LogP contribution in [0.25, 0.3) is 0 Å². The van der Waals surface area contributed by atoms with Crippen molar-refractivity contribution in [2.24, 2.45) is 10.4 Å². The summed E-state index contributed by atoms with van der Waals surface area (Å²) in [6.45, 7) is 6.90. The van der Waals surface area contributed by atoms with Crippen molar-refractivity contribution >= 4 is 28.7 Å². The fraction of sp³-hybridized carbons (Fsp3) is 0.929. The van der Waals surface area contributed by atoms with Crippen molar-refractivity contribution in [3.05, 3.63) is 0 Å². The summed E-state index contributed by atoms with van der Waals surface area (Å²) in [5, 5.41) is 5.74. The van der Waals surface area contributed by atoms with Crippen LogP contribution >= 0.6 is 23.5 Å². The van der Waals surface area contributed by atoms with Crippen molar-refractivity contribution in [2.45, 2.75) is 63.8 Å². The maximum absolute atomic E-state index is 4.93. The minimum Gasteiger partial charge on any atom is -0.362 e. The number of hydrogen-bond acceptors (Lipinski definition) is 4. The highest BCUT2D eigenvalue weighted by Crippen LogP contribution is 2.32. The van der Waals surface area contributed by atoms with E-state index in [0.29, 0.717) is 17.5 Å². The Morgan fingerprint density at radius 1 is 1.28 bits per heavy atom. The number of hydrogen-bond donors (Lipinski definition) is 1. The lowest BCUT2D eigenvalue weighted by Gasteiger charge is -2.31. The highest BCUT2D eigenvalue weighted by Gasteiger charge is 2.29. The highest BCUT2D eigenvalue weighted by atomic mass is 32.2. The second kappa shape index (κ2) is 6.08. The molecule has 0 radical (unpaired) electrons. The van der Waals surface area contributed by atoms with E-state index < -0.39 is 0 Å². The second-order valence-electron chi connectivity index (χ2n) is 6.47. The molecule has 0 spiro atoms. The summed E-state index contributed by atoms with van der Waals surface area (Å²) in [6.07, 6.45) is 7.43. The Balaban J connectivity index is 1.91. The third-order valence-corrected chi connectivity index (χ3v) is 5.98. The van der Waals surface area contributed by atoms with Gasteiger partial charge >= 0.3 is 0 Å². The number of aliphatic imine (C=N–C) groups is 1. The van der Waals surface area contributed by atoms with Crippen molar-refractivity contribution < 1.29 is 0 Å². The minimum absolute atomic E-state index is 0.297. The van der Waals surface area contributed by atoms with Crippen LogP contribution in [0.4, 0.5) is 0 Å². The zero-order valence-electron chi connectivity index (χ0n) is 12.0. The number of rotatable bonds is 2. The lowest BCUT2D eigenvalue weighted by atomic mass is 9.85. The Labute approximate surface area is 120 Å². The molecule has 3 unspecified atom stereocenters. The van der Waals surface area contributed by atoms with E-state index in [1.165, 1.54) is 36.6 Å². The topological polar surface area (TPSA) is 24.4 Å². The van der Waals surface area contributed by atoms with Crippen LogP contribution in [0.2, 0.25) is 0 Å². The van der Waals surface area contributed by atoms with Gasteiger partial charge in [0.25, 0.3) is 0 Å². The van der Waals surface area contributed by atoms with Gasteiger partial charge in [0.2, 0.25) is 0 Å². The van der Waals surface area contributed by atoms with Crippen molar-refractivity contribution in [1.82, 2.24) is 5.32 Å². The molecule has 18 heavy (non-hydrogen) atoms. The molecule has 0 saturated heterocycles. The van der Waals surface area contributed by atoms with Gasteiger partial charge in [-0.25, -0.2) is 0 Å². The molecule has 2 nitrogen and oxygen atoms in total. The molecule has 1 aliphatic heterocycles. The molecule has 2 rings (SSSR count). The molecule has 1 fully saturated rings. The van der Waals surface area contributed by atoms with Crippen LogP contribution in [0.1, 0.15) is 46.5 Å². The monoisotopic (exact) mass is 286 g/mol. The molecule has 3 atom stereocenters. The van der Waals surface area contributed by atoms with E-state index in [4.69, 9.17) is 4.99 Å². The van der Waals surface area contributed by atoms with E-state index in [9.17, 15) is 0 Å². The van der Waals surface area contributed by atoms with Crippen LogP contribution in [0.3, 0.4) is 0 Å². The Morgan fingerprint density at radius 3 is 2.67 bits per heavy atom. The van der Waals surface area contributed by atoms with Gasteiger partial charge in [0.05, 0.1) is 6.04 Å². The summed E-state index contributed by atoms with van der Waals surface area (Å²) < 4.78 is 0. The van der Waals surface area contributed by atoms with Crippen LogP contribution in [0.15, 0.2) is 4.99 Å².